The molecule has 0 radical (unpaired) electrons. The normalized spacial score (nSPS) is 40.1. The van der Waals surface area contributed by atoms with Crippen molar-refractivity contribution in [3.05, 3.63) is 47.8 Å². The number of rotatable bonds is 2. The number of benzene rings is 1. The van der Waals surface area contributed by atoms with Crippen molar-refractivity contribution in [2.75, 3.05) is 14.1 Å². The molecule has 2 fully saturated rings. The molecule has 0 amide bonds. The van der Waals surface area contributed by atoms with Crippen molar-refractivity contribution in [3.63, 3.8) is 0 Å². The highest BCUT2D eigenvalue weighted by Gasteiger charge is 2.59. The maximum Gasteiger partial charge on any atom is 0.0954 e. The lowest BCUT2D eigenvalue weighted by Crippen LogP contribution is -2.52. The Kier molecular flexibility index (Phi) is 5.30. The quantitative estimate of drug-likeness (QED) is 0.586. The predicted molar refractivity (Wildman–Crippen MR) is 133 cm³/mol. The summed E-state index contributed by atoms with van der Waals surface area (Å²) in [6.45, 7) is 2.42. The molecule has 2 bridgehead atoms. The van der Waals surface area contributed by atoms with Crippen LogP contribution in [0.15, 0.2) is 42.3 Å². The number of aliphatic hydroxyl groups excluding tert-OH is 2. The molecule has 2 aromatic rings. The average molecular weight is 464 g/mol. The van der Waals surface area contributed by atoms with Crippen LogP contribution in [-0.2, 0) is 4.74 Å². The molecule has 0 saturated carbocycles. The van der Waals surface area contributed by atoms with E-state index in [4.69, 9.17) is 4.74 Å². The van der Waals surface area contributed by atoms with Gasteiger partial charge in [0.05, 0.1) is 41.3 Å². The first kappa shape index (κ1) is 22.5. The van der Waals surface area contributed by atoms with Crippen molar-refractivity contribution in [2.45, 2.75) is 81.8 Å². The summed E-state index contributed by atoms with van der Waals surface area (Å²) in [5.41, 5.74) is 5.86. The number of H-pyrrole nitrogens is 1. The Labute approximate surface area is 201 Å². The highest BCUT2D eigenvalue weighted by molar-refractivity contribution is 5.83. The third kappa shape index (κ3) is 3.26. The summed E-state index contributed by atoms with van der Waals surface area (Å²) >= 11 is 0. The number of ether oxygens (including phenoxy) is 1. The van der Waals surface area contributed by atoms with Gasteiger partial charge in [-0.25, -0.2) is 4.98 Å². The molecule has 4 aliphatic rings. The third-order valence-corrected chi connectivity index (χ3v) is 9.43. The first-order valence-electron chi connectivity index (χ1n) is 12.9. The maximum absolute atomic E-state index is 10.9. The van der Waals surface area contributed by atoms with E-state index in [-0.39, 0.29) is 23.2 Å². The fourth-order valence-corrected chi connectivity index (χ4v) is 7.57. The molecule has 1 aromatic carbocycles. The van der Waals surface area contributed by atoms with E-state index in [9.17, 15) is 10.2 Å². The Morgan fingerprint density at radius 2 is 2.03 bits per heavy atom. The molecule has 2 saturated heterocycles. The van der Waals surface area contributed by atoms with Gasteiger partial charge in [-0.2, -0.15) is 0 Å². The molecule has 7 unspecified atom stereocenters. The van der Waals surface area contributed by atoms with Crippen LogP contribution in [0.4, 0.5) is 0 Å². The molecular formula is C28H37N3O3. The standard InChI is InChI=1S/C28H37N3O3/c1-27-12-10-18-5-8-24(32)26(33)23(31(2)3)15-19-11-13-28(18,34-19)25(27)9-6-20(27)17-4-7-21-22(14-17)30-16-29-21/h4,6-7,10,14,16,19,23-26,32-33H,5,8-9,11-13,15H2,1-3H3,(H,29,30). The lowest BCUT2D eigenvalue weighted by atomic mass is 9.58. The van der Waals surface area contributed by atoms with Crippen LogP contribution in [-0.4, -0.2) is 69.1 Å². The van der Waals surface area contributed by atoms with E-state index in [0.29, 0.717) is 12.3 Å². The molecule has 1 aromatic heterocycles. The van der Waals surface area contributed by atoms with Crippen molar-refractivity contribution in [2.24, 2.45) is 11.3 Å². The molecule has 6 rings (SSSR count). The van der Waals surface area contributed by atoms with Crippen molar-refractivity contribution in [1.29, 1.82) is 0 Å². The highest BCUT2D eigenvalue weighted by atomic mass is 16.5. The number of aliphatic hydroxyl groups is 2. The van der Waals surface area contributed by atoms with Crippen molar-refractivity contribution in [3.8, 4) is 0 Å². The van der Waals surface area contributed by atoms with Gasteiger partial charge in [0.15, 0.2) is 0 Å². The molecule has 34 heavy (non-hydrogen) atoms. The summed E-state index contributed by atoms with van der Waals surface area (Å²) in [5.74, 6) is 0.386. The zero-order valence-corrected chi connectivity index (χ0v) is 20.5. The number of imidazole rings is 1. The monoisotopic (exact) mass is 463 g/mol. The van der Waals surface area contributed by atoms with Crippen molar-refractivity contribution >= 4 is 16.6 Å². The summed E-state index contributed by atoms with van der Waals surface area (Å²) in [4.78, 5) is 9.70. The summed E-state index contributed by atoms with van der Waals surface area (Å²) in [6.07, 6.45) is 11.4. The third-order valence-electron chi connectivity index (χ3n) is 9.43. The molecule has 3 N–H and O–H groups in total. The molecule has 6 heteroatoms. The Balaban J connectivity index is 1.36. The highest BCUT2D eigenvalue weighted by Crippen LogP contribution is 2.63. The summed E-state index contributed by atoms with van der Waals surface area (Å²) in [6, 6.07) is 6.46. The minimum atomic E-state index is -0.752. The smallest absolute Gasteiger partial charge is 0.0954 e. The second-order valence-electron chi connectivity index (χ2n) is 11.4. The second kappa shape index (κ2) is 8.02. The largest absolute Gasteiger partial charge is 0.390 e. The van der Waals surface area contributed by atoms with E-state index in [0.717, 1.165) is 49.6 Å². The number of nitrogens with zero attached hydrogens (tertiary/aromatic N) is 2. The molecule has 182 valence electrons. The van der Waals surface area contributed by atoms with E-state index in [2.05, 4.69) is 47.2 Å². The zero-order chi connectivity index (χ0) is 23.7. The Hall–Kier alpha value is -1.99. The number of aromatic nitrogens is 2. The predicted octanol–water partition coefficient (Wildman–Crippen LogP) is 4.06. The van der Waals surface area contributed by atoms with E-state index in [1.54, 1.807) is 6.33 Å². The Bertz CT molecular complexity index is 1150. The van der Waals surface area contributed by atoms with Crippen LogP contribution in [0, 0.1) is 11.3 Å². The van der Waals surface area contributed by atoms with Crippen LogP contribution in [0.1, 0.15) is 57.4 Å². The van der Waals surface area contributed by atoms with Gasteiger partial charge in [0, 0.05) is 17.4 Å². The van der Waals surface area contributed by atoms with Gasteiger partial charge in [-0.05, 0) is 87.9 Å². The fourth-order valence-electron chi connectivity index (χ4n) is 7.57. The van der Waals surface area contributed by atoms with Gasteiger partial charge in [-0.1, -0.05) is 25.1 Å². The minimum absolute atomic E-state index is 0.00921. The van der Waals surface area contributed by atoms with Crippen LogP contribution in [0.3, 0.4) is 0 Å². The SMILES string of the molecule is CN(C)C1CC2CCC3(O2)C(=CCC2(C)C(c4ccc5nc[nH]c5c4)=CCC23)CCC(O)C1O. The van der Waals surface area contributed by atoms with E-state index in [1.807, 2.05) is 19.0 Å². The van der Waals surface area contributed by atoms with Gasteiger partial charge in [0.2, 0.25) is 0 Å². The Morgan fingerprint density at radius 3 is 2.85 bits per heavy atom. The van der Waals surface area contributed by atoms with Gasteiger partial charge >= 0.3 is 0 Å². The van der Waals surface area contributed by atoms with Gasteiger partial charge in [0.1, 0.15) is 0 Å². The lowest BCUT2D eigenvalue weighted by molar-refractivity contribution is -0.108. The summed E-state index contributed by atoms with van der Waals surface area (Å²) in [7, 11) is 3.98. The second-order valence-corrected chi connectivity index (χ2v) is 11.4. The van der Waals surface area contributed by atoms with E-state index >= 15 is 0 Å². The number of likely N-dealkylation sites (N-methyl/N-ethyl adjacent to an activating group) is 1. The van der Waals surface area contributed by atoms with Crippen LogP contribution in [0.25, 0.3) is 16.6 Å². The Morgan fingerprint density at radius 1 is 1.18 bits per heavy atom. The lowest BCUT2D eigenvalue weighted by Gasteiger charge is -2.51. The topological polar surface area (TPSA) is 81.6 Å². The number of hydrogen-bond donors (Lipinski definition) is 3. The number of hydrogen-bond acceptors (Lipinski definition) is 5. The molecule has 2 aliphatic heterocycles. The number of aromatic amines is 1. The first-order chi connectivity index (χ1) is 16.3. The van der Waals surface area contributed by atoms with Crippen LogP contribution in [0.5, 0.6) is 0 Å². The maximum atomic E-state index is 10.9. The van der Waals surface area contributed by atoms with Gasteiger partial charge < -0.3 is 24.8 Å². The number of allylic oxidation sites excluding steroid dienone is 3. The fraction of sp³-hybridized carbons (Fsp3) is 0.607. The van der Waals surface area contributed by atoms with Gasteiger partial charge in [-0.15, -0.1) is 0 Å². The number of nitrogens with one attached hydrogen (secondary N) is 1. The molecule has 2 aliphatic carbocycles. The molecule has 3 heterocycles. The molecular weight excluding hydrogens is 426 g/mol. The van der Waals surface area contributed by atoms with Gasteiger partial charge in [0.25, 0.3) is 0 Å². The minimum Gasteiger partial charge on any atom is -0.390 e. The van der Waals surface area contributed by atoms with Crippen molar-refractivity contribution in [1.82, 2.24) is 14.9 Å². The average Bonchev–Trinajstić information content (AvgIpc) is 3.53. The van der Waals surface area contributed by atoms with E-state index in [1.165, 1.54) is 16.7 Å². The molecule has 6 nitrogen and oxygen atoms in total. The van der Waals surface area contributed by atoms with Crippen LogP contribution in [0.2, 0.25) is 0 Å². The number of fused-ring (bicyclic) bond motifs is 3. The van der Waals surface area contributed by atoms with Crippen LogP contribution >= 0.6 is 0 Å². The van der Waals surface area contributed by atoms with Gasteiger partial charge in [-0.3, -0.25) is 0 Å². The van der Waals surface area contributed by atoms with Crippen molar-refractivity contribution < 1.29 is 14.9 Å². The zero-order valence-electron chi connectivity index (χ0n) is 20.5. The van der Waals surface area contributed by atoms with E-state index < -0.39 is 12.2 Å². The summed E-state index contributed by atoms with van der Waals surface area (Å²) in [5, 5.41) is 21.7. The molecule has 1 spiro atoms. The first-order valence-corrected chi connectivity index (χ1v) is 12.9. The van der Waals surface area contributed by atoms with Crippen LogP contribution < -0.4 is 0 Å². The summed E-state index contributed by atoms with van der Waals surface area (Å²) < 4.78 is 7.08. The molecule has 7 atom stereocenters.